The zero-order chi connectivity index (χ0) is 10.8. The first-order valence-electron chi connectivity index (χ1n) is 3.50. The Morgan fingerprint density at radius 3 is 2.50 bits per heavy atom. The topological polar surface area (TPSA) is 45.9 Å². The van der Waals surface area contributed by atoms with Gasteiger partial charge in [0.2, 0.25) is 0 Å². The molecule has 0 bridgehead atoms. The molecule has 0 spiro atoms. The van der Waals surface area contributed by atoms with Crippen LogP contribution in [0.2, 0.25) is 0 Å². The van der Waals surface area contributed by atoms with E-state index >= 15 is 0 Å². The van der Waals surface area contributed by atoms with Crippen LogP contribution in [0, 0.1) is 11.3 Å². The Labute approximate surface area is 77.7 Å². The van der Waals surface area contributed by atoms with E-state index in [0.717, 1.165) is 12.1 Å². The monoisotopic (exact) mass is 202 g/mol. The minimum atomic E-state index is -4.57. The number of hydrogen-bond acceptors (Lipinski definition) is 3. The Hall–Kier alpha value is -1.77. The number of halogens is 3. The molecule has 6 heteroatoms. The van der Waals surface area contributed by atoms with Gasteiger partial charge in [0.1, 0.15) is 23.2 Å². The second-order valence-electron chi connectivity index (χ2n) is 2.39. The Kier molecular flexibility index (Phi) is 2.60. The van der Waals surface area contributed by atoms with E-state index in [-0.39, 0.29) is 11.4 Å². The van der Waals surface area contributed by atoms with Gasteiger partial charge in [0.05, 0.1) is 7.11 Å². The molecule has 0 amide bonds. The van der Waals surface area contributed by atoms with Crippen LogP contribution in [-0.2, 0) is 6.18 Å². The normalized spacial score (nSPS) is 10.8. The first-order valence-corrected chi connectivity index (χ1v) is 3.50. The molecule has 0 aliphatic carbocycles. The van der Waals surface area contributed by atoms with Crippen molar-refractivity contribution in [1.82, 2.24) is 4.98 Å². The highest BCUT2D eigenvalue weighted by Crippen LogP contribution is 2.30. The van der Waals surface area contributed by atoms with Crippen LogP contribution in [0.25, 0.3) is 0 Å². The molecule has 1 aromatic rings. The van der Waals surface area contributed by atoms with Crippen LogP contribution in [0.3, 0.4) is 0 Å². The average molecular weight is 202 g/mol. The molecule has 0 unspecified atom stereocenters. The maximum absolute atomic E-state index is 12.2. The summed E-state index contributed by atoms with van der Waals surface area (Å²) in [6.45, 7) is 0. The smallest absolute Gasteiger partial charge is 0.433 e. The molecule has 0 saturated carbocycles. The van der Waals surface area contributed by atoms with E-state index < -0.39 is 11.9 Å². The molecular weight excluding hydrogens is 197 g/mol. The third-order valence-corrected chi connectivity index (χ3v) is 1.44. The molecule has 0 fully saturated rings. The molecule has 0 saturated heterocycles. The molecule has 0 atom stereocenters. The molecule has 14 heavy (non-hydrogen) atoms. The highest BCUT2D eigenvalue weighted by atomic mass is 19.4. The molecule has 0 aliphatic rings. The predicted octanol–water partition coefficient (Wildman–Crippen LogP) is 1.98. The Balaban J connectivity index is 3.26. The van der Waals surface area contributed by atoms with Gasteiger partial charge in [-0.15, -0.1) is 0 Å². The summed E-state index contributed by atoms with van der Waals surface area (Å²) in [6, 6.07) is 3.39. The standard InChI is InChI=1S/C8H5F3N2O/c1-14-6-2-5(4-12)13-7(3-6)8(9,10)11/h2-3H,1H3. The number of alkyl halides is 3. The van der Waals surface area contributed by atoms with Gasteiger partial charge in [0, 0.05) is 12.1 Å². The fourth-order valence-electron chi connectivity index (χ4n) is 0.826. The van der Waals surface area contributed by atoms with Crippen molar-refractivity contribution in [2.24, 2.45) is 0 Å². The lowest BCUT2D eigenvalue weighted by Gasteiger charge is -2.07. The minimum Gasteiger partial charge on any atom is -0.497 e. The largest absolute Gasteiger partial charge is 0.497 e. The zero-order valence-electron chi connectivity index (χ0n) is 7.09. The fraction of sp³-hybridized carbons (Fsp3) is 0.250. The van der Waals surface area contributed by atoms with Crippen LogP contribution in [0.1, 0.15) is 11.4 Å². The lowest BCUT2D eigenvalue weighted by Crippen LogP contribution is -2.09. The van der Waals surface area contributed by atoms with Gasteiger partial charge < -0.3 is 4.74 Å². The summed E-state index contributed by atoms with van der Waals surface area (Å²) in [6.07, 6.45) is -4.57. The van der Waals surface area contributed by atoms with E-state index in [4.69, 9.17) is 5.26 Å². The Bertz CT molecular complexity index is 381. The first kappa shape index (κ1) is 10.3. The summed E-state index contributed by atoms with van der Waals surface area (Å²) in [5.41, 5.74) is -1.45. The number of nitrogens with zero attached hydrogens (tertiary/aromatic N) is 2. The van der Waals surface area contributed by atoms with Gasteiger partial charge in [-0.3, -0.25) is 0 Å². The molecular formula is C8H5F3N2O. The number of pyridine rings is 1. The number of hydrogen-bond donors (Lipinski definition) is 0. The van der Waals surface area contributed by atoms with E-state index in [1.54, 1.807) is 0 Å². The molecule has 0 aliphatic heterocycles. The number of nitriles is 1. The number of methoxy groups -OCH3 is 1. The van der Waals surface area contributed by atoms with Crippen molar-refractivity contribution in [2.45, 2.75) is 6.18 Å². The van der Waals surface area contributed by atoms with Crippen LogP contribution in [0.5, 0.6) is 5.75 Å². The predicted molar refractivity (Wildman–Crippen MR) is 40.5 cm³/mol. The Morgan fingerprint density at radius 2 is 2.07 bits per heavy atom. The van der Waals surface area contributed by atoms with Gasteiger partial charge in [0.15, 0.2) is 0 Å². The van der Waals surface area contributed by atoms with E-state index in [2.05, 4.69) is 9.72 Å². The molecule has 0 N–H and O–H groups in total. The lowest BCUT2D eigenvalue weighted by atomic mass is 10.3. The number of rotatable bonds is 1. The summed E-state index contributed by atoms with van der Waals surface area (Å²) < 4.78 is 41.2. The summed E-state index contributed by atoms with van der Waals surface area (Å²) in [7, 11) is 1.22. The van der Waals surface area contributed by atoms with Gasteiger partial charge in [-0.05, 0) is 0 Å². The van der Waals surface area contributed by atoms with E-state index in [1.807, 2.05) is 0 Å². The van der Waals surface area contributed by atoms with Crippen LogP contribution in [0.4, 0.5) is 13.2 Å². The zero-order valence-corrected chi connectivity index (χ0v) is 7.09. The highest BCUT2D eigenvalue weighted by Gasteiger charge is 2.33. The number of ether oxygens (including phenoxy) is 1. The van der Waals surface area contributed by atoms with Gasteiger partial charge in [-0.25, -0.2) is 4.98 Å². The third-order valence-electron chi connectivity index (χ3n) is 1.44. The Morgan fingerprint density at radius 1 is 1.43 bits per heavy atom. The average Bonchev–Trinajstić information content (AvgIpc) is 2.15. The summed E-state index contributed by atoms with van der Waals surface area (Å²) in [5.74, 6) is -0.0381. The van der Waals surface area contributed by atoms with Crippen molar-refractivity contribution in [3.05, 3.63) is 23.5 Å². The van der Waals surface area contributed by atoms with Crippen LogP contribution >= 0.6 is 0 Å². The maximum Gasteiger partial charge on any atom is 0.433 e. The molecule has 1 aromatic heterocycles. The molecule has 74 valence electrons. The van der Waals surface area contributed by atoms with Crippen molar-refractivity contribution < 1.29 is 17.9 Å². The second-order valence-corrected chi connectivity index (χ2v) is 2.39. The quantitative estimate of drug-likeness (QED) is 0.699. The van der Waals surface area contributed by atoms with Crippen molar-refractivity contribution in [1.29, 1.82) is 5.26 Å². The minimum absolute atomic E-state index is 0.0381. The van der Waals surface area contributed by atoms with Crippen molar-refractivity contribution in [3.8, 4) is 11.8 Å². The van der Waals surface area contributed by atoms with Gasteiger partial charge in [-0.2, -0.15) is 18.4 Å². The van der Waals surface area contributed by atoms with Crippen LogP contribution in [-0.4, -0.2) is 12.1 Å². The molecule has 1 heterocycles. The van der Waals surface area contributed by atoms with Crippen LogP contribution < -0.4 is 4.74 Å². The fourth-order valence-corrected chi connectivity index (χ4v) is 0.826. The van der Waals surface area contributed by atoms with Gasteiger partial charge in [-0.1, -0.05) is 0 Å². The number of aromatic nitrogens is 1. The van der Waals surface area contributed by atoms with Gasteiger partial charge >= 0.3 is 6.18 Å². The molecule has 3 nitrogen and oxygen atoms in total. The maximum atomic E-state index is 12.2. The van der Waals surface area contributed by atoms with E-state index in [0.29, 0.717) is 0 Å². The summed E-state index contributed by atoms with van der Waals surface area (Å²) >= 11 is 0. The van der Waals surface area contributed by atoms with Crippen molar-refractivity contribution in [3.63, 3.8) is 0 Å². The van der Waals surface area contributed by atoms with Crippen molar-refractivity contribution in [2.75, 3.05) is 7.11 Å². The van der Waals surface area contributed by atoms with Gasteiger partial charge in [0.25, 0.3) is 0 Å². The van der Waals surface area contributed by atoms with E-state index in [9.17, 15) is 13.2 Å². The second kappa shape index (κ2) is 3.54. The third kappa shape index (κ3) is 2.13. The first-order chi connectivity index (χ1) is 6.47. The lowest BCUT2D eigenvalue weighted by molar-refractivity contribution is -0.141. The highest BCUT2D eigenvalue weighted by molar-refractivity contribution is 5.34. The molecule has 1 rings (SSSR count). The molecule has 0 radical (unpaired) electrons. The SMILES string of the molecule is COc1cc(C#N)nc(C(F)(F)F)c1. The van der Waals surface area contributed by atoms with Crippen molar-refractivity contribution >= 4 is 0 Å². The molecule has 0 aromatic carbocycles. The summed E-state index contributed by atoms with van der Waals surface area (Å²) in [5, 5.41) is 8.41. The van der Waals surface area contributed by atoms with Crippen LogP contribution in [0.15, 0.2) is 12.1 Å². The summed E-state index contributed by atoms with van der Waals surface area (Å²) in [4.78, 5) is 3.10. The van der Waals surface area contributed by atoms with E-state index in [1.165, 1.54) is 13.2 Å².